The Morgan fingerprint density at radius 3 is 2.14 bits per heavy atom. The van der Waals surface area contributed by atoms with Crippen LogP contribution in [0.1, 0.15) is 38.8 Å². The molecule has 0 amide bonds. The molecular formula is C30H39N3O2Si. The average Bonchev–Trinajstić information content (AvgIpc) is 3.36. The van der Waals surface area contributed by atoms with E-state index < -0.39 is 9.76 Å². The third kappa shape index (κ3) is 7.29. The van der Waals surface area contributed by atoms with Gasteiger partial charge in [0.15, 0.2) is 9.76 Å². The van der Waals surface area contributed by atoms with Crippen LogP contribution in [0.15, 0.2) is 85.2 Å². The highest BCUT2D eigenvalue weighted by molar-refractivity contribution is 6.32. The Bertz CT molecular complexity index is 1150. The number of nitrogens with zero attached hydrogens (tertiary/aromatic N) is 2. The van der Waals surface area contributed by atoms with E-state index in [2.05, 4.69) is 103 Å². The minimum absolute atomic E-state index is 0.0312. The number of fused-ring (bicyclic) bond motifs is 1. The number of hydrogen-bond acceptors (Lipinski definition) is 4. The van der Waals surface area contributed by atoms with Crippen molar-refractivity contribution in [1.82, 2.24) is 14.9 Å². The van der Waals surface area contributed by atoms with Gasteiger partial charge in [-0.25, -0.2) is 4.98 Å². The third-order valence-corrected chi connectivity index (χ3v) is 9.25. The summed E-state index contributed by atoms with van der Waals surface area (Å²) in [5.41, 5.74) is 4.44. The molecule has 0 spiro atoms. The van der Waals surface area contributed by atoms with E-state index in [9.17, 15) is 0 Å². The van der Waals surface area contributed by atoms with E-state index in [1.165, 1.54) is 11.1 Å². The van der Waals surface area contributed by atoms with Gasteiger partial charge in [-0.1, -0.05) is 94.4 Å². The number of H-pyrrole nitrogens is 1. The number of nitrogens with one attached hydrogen (secondary N) is 1. The summed E-state index contributed by atoms with van der Waals surface area (Å²) in [5, 5.41) is 0.212. The summed E-state index contributed by atoms with van der Waals surface area (Å²) in [4.78, 5) is 10.1. The highest BCUT2D eigenvalue weighted by atomic mass is 28.2. The van der Waals surface area contributed by atoms with Crippen LogP contribution < -0.4 is 4.74 Å². The number of rotatable bonds is 13. The number of aromatic nitrogens is 2. The average molecular weight is 502 g/mol. The van der Waals surface area contributed by atoms with Gasteiger partial charge in [0, 0.05) is 19.6 Å². The van der Waals surface area contributed by atoms with Crippen molar-refractivity contribution in [2.75, 3.05) is 13.2 Å². The lowest BCUT2D eigenvalue weighted by Crippen LogP contribution is -2.39. The Hall–Kier alpha value is -2.93. The Kier molecular flexibility index (Phi) is 8.96. The fourth-order valence-corrected chi connectivity index (χ4v) is 5.25. The molecular weight excluding hydrogens is 462 g/mol. The van der Waals surface area contributed by atoms with Gasteiger partial charge < -0.3 is 14.1 Å². The quantitative estimate of drug-likeness (QED) is 0.229. The third-order valence-electron chi connectivity index (χ3n) is 7.05. The first-order chi connectivity index (χ1) is 17.4. The largest absolute Gasteiger partial charge is 0.489 e. The molecule has 1 N–H and O–H groups in total. The zero-order valence-electron chi connectivity index (χ0n) is 22.0. The SMILES string of the molecule is CC(C)C(C)(C)[SiH2]O[C@H](COc1cccc2[nH]cnc12)CN(Cc1ccccc1)Cc1ccccc1. The number of aromatic amines is 1. The minimum atomic E-state index is -0.799. The van der Waals surface area contributed by atoms with Crippen LogP contribution in [0.25, 0.3) is 11.0 Å². The Morgan fingerprint density at radius 1 is 0.889 bits per heavy atom. The summed E-state index contributed by atoms with van der Waals surface area (Å²) in [5.74, 6) is 1.37. The van der Waals surface area contributed by atoms with Crippen molar-refractivity contribution < 1.29 is 9.16 Å². The molecule has 0 saturated heterocycles. The van der Waals surface area contributed by atoms with Crippen molar-refractivity contribution in [2.45, 2.75) is 51.9 Å². The standard InChI is InChI=1S/C30H39N3O2Si/c1-23(2)30(3,4)36-35-26(21-34-28-17-11-16-27-29(28)32-22-31-27)20-33(18-24-12-7-5-8-13-24)19-25-14-9-6-10-15-25/h5-17,22-23,26H,18-21,36H2,1-4H3,(H,31,32)/t26-/m0/s1. The van der Waals surface area contributed by atoms with Crippen molar-refractivity contribution in [3.8, 4) is 5.75 Å². The van der Waals surface area contributed by atoms with E-state index in [4.69, 9.17) is 9.16 Å². The van der Waals surface area contributed by atoms with E-state index in [0.29, 0.717) is 12.5 Å². The molecule has 3 aromatic carbocycles. The fourth-order valence-electron chi connectivity index (χ4n) is 4.05. The maximum absolute atomic E-state index is 6.73. The molecule has 0 saturated carbocycles. The predicted molar refractivity (Wildman–Crippen MR) is 151 cm³/mol. The predicted octanol–water partition coefficient (Wildman–Crippen LogP) is 5.97. The lowest BCUT2D eigenvalue weighted by molar-refractivity contribution is 0.0792. The van der Waals surface area contributed by atoms with Gasteiger partial charge in [-0.3, -0.25) is 4.90 Å². The Morgan fingerprint density at radius 2 is 1.53 bits per heavy atom. The van der Waals surface area contributed by atoms with E-state index in [0.717, 1.165) is 36.4 Å². The molecule has 6 heteroatoms. The highest BCUT2D eigenvalue weighted by Gasteiger charge is 2.27. The van der Waals surface area contributed by atoms with Crippen LogP contribution >= 0.6 is 0 Å². The van der Waals surface area contributed by atoms with Crippen molar-refractivity contribution in [3.05, 3.63) is 96.3 Å². The summed E-state index contributed by atoms with van der Waals surface area (Å²) >= 11 is 0. The van der Waals surface area contributed by atoms with Gasteiger partial charge >= 0.3 is 0 Å². The monoisotopic (exact) mass is 501 g/mol. The Balaban J connectivity index is 1.52. The van der Waals surface area contributed by atoms with E-state index >= 15 is 0 Å². The molecule has 0 bridgehead atoms. The Labute approximate surface area is 217 Å². The van der Waals surface area contributed by atoms with Crippen LogP contribution in [0.2, 0.25) is 5.04 Å². The van der Waals surface area contributed by atoms with Crippen LogP contribution in [0.5, 0.6) is 5.75 Å². The van der Waals surface area contributed by atoms with Crippen molar-refractivity contribution >= 4 is 20.8 Å². The molecule has 0 aliphatic carbocycles. The molecule has 1 atom stereocenters. The molecule has 36 heavy (non-hydrogen) atoms. The fraction of sp³-hybridized carbons (Fsp3) is 0.367. The molecule has 1 aromatic heterocycles. The van der Waals surface area contributed by atoms with E-state index in [-0.39, 0.29) is 11.1 Å². The maximum Gasteiger partial charge on any atom is 0.168 e. The van der Waals surface area contributed by atoms with Gasteiger partial charge in [0.05, 0.1) is 17.9 Å². The molecule has 0 fully saturated rings. The second-order valence-corrected chi connectivity index (χ2v) is 13.0. The van der Waals surface area contributed by atoms with E-state index in [1.54, 1.807) is 6.33 Å². The molecule has 0 aliphatic rings. The summed E-state index contributed by atoms with van der Waals surface area (Å²) < 4.78 is 13.1. The first-order valence-corrected chi connectivity index (χ1v) is 14.2. The molecule has 190 valence electrons. The first kappa shape index (κ1) is 26.1. The number of hydrogen-bond donors (Lipinski definition) is 1. The van der Waals surface area contributed by atoms with Gasteiger partial charge in [0.25, 0.3) is 0 Å². The topological polar surface area (TPSA) is 50.4 Å². The van der Waals surface area contributed by atoms with Crippen LogP contribution in [0.4, 0.5) is 0 Å². The van der Waals surface area contributed by atoms with E-state index in [1.807, 2.05) is 18.2 Å². The van der Waals surface area contributed by atoms with Crippen LogP contribution in [0, 0.1) is 5.92 Å². The normalized spacial score (nSPS) is 13.3. The van der Waals surface area contributed by atoms with Gasteiger partial charge in [-0.05, 0) is 34.2 Å². The lowest BCUT2D eigenvalue weighted by atomic mass is 9.99. The number of para-hydroxylation sites is 1. The summed E-state index contributed by atoms with van der Waals surface area (Å²) in [6.07, 6.45) is 1.68. The molecule has 0 aliphatic heterocycles. The summed E-state index contributed by atoms with van der Waals surface area (Å²) in [6.45, 7) is 12.2. The van der Waals surface area contributed by atoms with Gasteiger partial charge in [-0.2, -0.15) is 0 Å². The maximum atomic E-state index is 6.73. The molecule has 4 rings (SSSR count). The number of ether oxygens (including phenoxy) is 1. The smallest absolute Gasteiger partial charge is 0.168 e. The number of imidazole rings is 1. The molecule has 5 nitrogen and oxygen atoms in total. The lowest BCUT2D eigenvalue weighted by Gasteiger charge is -2.33. The summed E-state index contributed by atoms with van der Waals surface area (Å²) in [6, 6.07) is 27.3. The second kappa shape index (κ2) is 12.3. The molecule has 0 radical (unpaired) electrons. The van der Waals surface area contributed by atoms with Gasteiger partial charge in [0.1, 0.15) is 17.9 Å². The minimum Gasteiger partial charge on any atom is -0.489 e. The van der Waals surface area contributed by atoms with Crippen molar-refractivity contribution in [3.63, 3.8) is 0 Å². The van der Waals surface area contributed by atoms with Gasteiger partial charge in [-0.15, -0.1) is 0 Å². The van der Waals surface area contributed by atoms with Gasteiger partial charge in [0.2, 0.25) is 0 Å². The zero-order valence-corrected chi connectivity index (χ0v) is 23.4. The van der Waals surface area contributed by atoms with Crippen LogP contribution in [-0.2, 0) is 17.5 Å². The van der Waals surface area contributed by atoms with Crippen LogP contribution in [-0.4, -0.2) is 43.9 Å². The summed E-state index contributed by atoms with van der Waals surface area (Å²) in [7, 11) is -0.799. The molecule has 4 aromatic rings. The zero-order chi connectivity index (χ0) is 25.4. The second-order valence-electron chi connectivity index (χ2n) is 10.6. The molecule has 0 unspecified atom stereocenters. The molecule has 1 heterocycles. The van der Waals surface area contributed by atoms with Crippen molar-refractivity contribution in [2.24, 2.45) is 5.92 Å². The first-order valence-electron chi connectivity index (χ1n) is 12.9. The number of benzene rings is 3. The van der Waals surface area contributed by atoms with Crippen LogP contribution in [0.3, 0.4) is 0 Å². The van der Waals surface area contributed by atoms with Crippen molar-refractivity contribution in [1.29, 1.82) is 0 Å². The highest BCUT2D eigenvalue weighted by Crippen LogP contribution is 2.33.